The van der Waals surface area contributed by atoms with Crippen LogP contribution in [-0.4, -0.2) is 86.9 Å². The normalized spacial score (nSPS) is 20.6. The lowest BCUT2D eigenvalue weighted by atomic mass is 9.90. The molecule has 3 aliphatic rings. The summed E-state index contributed by atoms with van der Waals surface area (Å²) < 4.78 is 35.5. The lowest BCUT2D eigenvalue weighted by molar-refractivity contribution is -0.137. The van der Waals surface area contributed by atoms with Crippen molar-refractivity contribution in [1.82, 2.24) is 19.4 Å². The number of amides is 1. The summed E-state index contributed by atoms with van der Waals surface area (Å²) in [6.45, 7) is 4.97. The minimum absolute atomic E-state index is 0.129. The first-order valence-corrected chi connectivity index (χ1v) is 18.0. The second kappa shape index (κ2) is 14.6. The molecule has 8 nitrogen and oxygen atoms in total. The van der Waals surface area contributed by atoms with Crippen LogP contribution in [0.2, 0.25) is 5.02 Å². The van der Waals surface area contributed by atoms with Crippen molar-refractivity contribution in [2.75, 3.05) is 52.4 Å². The Hall–Kier alpha value is -2.95. The Morgan fingerprint density at radius 1 is 0.822 bits per heavy atom. The molecule has 3 aromatic carbocycles. The highest BCUT2D eigenvalue weighted by Crippen LogP contribution is 2.28. The summed E-state index contributed by atoms with van der Waals surface area (Å²) in [5, 5.41) is 3.99. The van der Waals surface area contributed by atoms with Crippen LogP contribution in [0, 0.1) is 5.92 Å². The van der Waals surface area contributed by atoms with E-state index in [9.17, 15) is 13.2 Å². The molecule has 3 fully saturated rings. The van der Waals surface area contributed by atoms with Gasteiger partial charge in [0.15, 0.2) is 0 Å². The molecule has 0 bridgehead atoms. The molecule has 0 aromatic heterocycles. The fourth-order valence-electron chi connectivity index (χ4n) is 6.67. The first kappa shape index (κ1) is 32.0. The number of benzene rings is 3. The molecule has 0 unspecified atom stereocenters. The smallest absolute Gasteiger partial charge is 0.243 e. The maximum Gasteiger partial charge on any atom is 0.243 e. The van der Waals surface area contributed by atoms with Crippen molar-refractivity contribution in [1.29, 1.82) is 0 Å². The van der Waals surface area contributed by atoms with Gasteiger partial charge in [-0.3, -0.25) is 9.69 Å². The summed E-state index contributed by atoms with van der Waals surface area (Å²) >= 11 is 6.05. The number of hydrogen-bond acceptors (Lipinski definition) is 6. The van der Waals surface area contributed by atoms with Gasteiger partial charge in [-0.05, 0) is 71.8 Å². The summed E-state index contributed by atoms with van der Waals surface area (Å²) in [5.74, 6) is 1.12. The standard InChI is InChI=1S/C35H43ClN4O4S/c36-31-12-10-30(11-13-31)29-8-6-27(7-9-29)24-38-22-23-40(34(25-38)35(41)39-20-18-37-19-21-39)45(42,43)33-16-14-32(15-17-33)44-26-28-4-2-1-3-5-28/h6-17,28,34,37H,1-5,18-26H2/t34-/m0/s1. The van der Waals surface area contributed by atoms with Gasteiger partial charge in [0.25, 0.3) is 0 Å². The van der Waals surface area contributed by atoms with E-state index in [1.165, 1.54) is 36.4 Å². The third-order valence-corrected chi connectivity index (χ3v) is 11.5. The Labute approximate surface area is 272 Å². The minimum Gasteiger partial charge on any atom is -0.493 e. The van der Waals surface area contributed by atoms with Gasteiger partial charge in [-0.15, -0.1) is 0 Å². The molecule has 1 amide bonds. The molecular formula is C35H43ClN4O4S. The molecule has 1 saturated carbocycles. The number of ether oxygens (including phenoxy) is 1. The van der Waals surface area contributed by atoms with Crippen molar-refractivity contribution in [2.45, 2.75) is 49.6 Å². The van der Waals surface area contributed by atoms with Crippen LogP contribution in [0.15, 0.2) is 77.7 Å². The Morgan fingerprint density at radius 2 is 1.47 bits per heavy atom. The summed E-state index contributed by atoms with van der Waals surface area (Å²) in [6.07, 6.45) is 6.19. The number of sulfonamides is 1. The Kier molecular flexibility index (Phi) is 10.4. The third-order valence-electron chi connectivity index (χ3n) is 9.31. The quantitative estimate of drug-likeness (QED) is 0.340. The lowest BCUT2D eigenvalue weighted by Gasteiger charge is -2.42. The molecular weight excluding hydrogens is 608 g/mol. The van der Waals surface area contributed by atoms with Crippen LogP contribution < -0.4 is 10.1 Å². The van der Waals surface area contributed by atoms with E-state index < -0.39 is 16.1 Å². The Balaban J connectivity index is 1.15. The molecule has 6 rings (SSSR count). The summed E-state index contributed by atoms with van der Waals surface area (Å²) in [4.78, 5) is 18.1. The van der Waals surface area contributed by atoms with Crippen molar-refractivity contribution in [2.24, 2.45) is 5.92 Å². The number of carbonyl (C=O) groups excluding carboxylic acids is 1. The average Bonchev–Trinajstić information content (AvgIpc) is 3.09. The molecule has 2 heterocycles. The van der Waals surface area contributed by atoms with E-state index in [0.29, 0.717) is 69.1 Å². The second-order valence-electron chi connectivity index (χ2n) is 12.4. The average molecular weight is 651 g/mol. The van der Waals surface area contributed by atoms with Crippen LogP contribution >= 0.6 is 11.6 Å². The molecule has 240 valence electrons. The maximum atomic E-state index is 14.0. The SMILES string of the molecule is O=C([C@@H]1CN(Cc2ccc(-c3ccc(Cl)cc3)cc2)CCN1S(=O)(=O)c1ccc(OCC2CCCCC2)cc1)N1CCNCC1. The molecule has 1 N–H and O–H groups in total. The molecule has 1 aliphatic carbocycles. The molecule has 10 heteroatoms. The second-order valence-corrected chi connectivity index (χ2v) is 14.8. The van der Waals surface area contributed by atoms with Crippen LogP contribution in [0.1, 0.15) is 37.7 Å². The Morgan fingerprint density at radius 3 is 2.13 bits per heavy atom. The largest absolute Gasteiger partial charge is 0.493 e. The predicted molar refractivity (Wildman–Crippen MR) is 178 cm³/mol. The monoisotopic (exact) mass is 650 g/mol. The van der Waals surface area contributed by atoms with Gasteiger partial charge in [0, 0.05) is 57.4 Å². The first-order chi connectivity index (χ1) is 21.9. The number of rotatable bonds is 9. The van der Waals surface area contributed by atoms with Gasteiger partial charge in [-0.1, -0.05) is 67.3 Å². The Bertz CT molecular complexity index is 1520. The minimum atomic E-state index is -3.90. The summed E-state index contributed by atoms with van der Waals surface area (Å²) in [5.41, 5.74) is 3.31. The van der Waals surface area contributed by atoms with E-state index in [1.807, 2.05) is 24.3 Å². The number of carbonyl (C=O) groups is 1. The van der Waals surface area contributed by atoms with Gasteiger partial charge in [0.1, 0.15) is 11.8 Å². The number of hydrogen-bond donors (Lipinski definition) is 1. The van der Waals surface area contributed by atoms with Crippen LogP contribution in [0.25, 0.3) is 11.1 Å². The number of piperazine rings is 2. The number of halogens is 1. The highest BCUT2D eigenvalue weighted by molar-refractivity contribution is 7.89. The maximum absolute atomic E-state index is 14.0. The molecule has 3 aromatic rings. The van der Waals surface area contributed by atoms with Crippen molar-refractivity contribution < 1.29 is 17.9 Å². The first-order valence-electron chi connectivity index (χ1n) is 16.2. The van der Waals surface area contributed by atoms with Crippen LogP contribution in [0.4, 0.5) is 0 Å². The van der Waals surface area contributed by atoms with Gasteiger partial charge < -0.3 is 15.0 Å². The molecule has 45 heavy (non-hydrogen) atoms. The van der Waals surface area contributed by atoms with E-state index in [4.69, 9.17) is 16.3 Å². The van der Waals surface area contributed by atoms with Gasteiger partial charge in [0.2, 0.25) is 15.9 Å². The number of nitrogens with one attached hydrogen (secondary N) is 1. The topological polar surface area (TPSA) is 82.2 Å². The van der Waals surface area contributed by atoms with E-state index >= 15 is 0 Å². The van der Waals surface area contributed by atoms with Crippen molar-refractivity contribution in [3.8, 4) is 16.9 Å². The van der Waals surface area contributed by atoms with E-state index in [-0.39, 0.29) is 17.3 Å². The fourth-order valence-corrected chi connectivity index (χ4v) is 8.36. The van der Waals surface area contributed by atoms with Gasteiger partial charge in [-0.2, -0.15) is 4.31 Å². The van der Waals surface area contributed by atoms with Gasteiger partial charge >= 0.3 is 0 Å². The molecule has 0 radical (unpaired) electrons. The zero-order valence-corrected chi connectivity index (χ0v) is 27.3. The highest BCUT2D eigenvalue weighted by Gasteiger charge is 2.42. The fraction of sp³-hybridized carbons (Fsp3) is 0.457. The van der Waals surface area contributed by atoms with Gasteiger partial charge in [0.05, 0.1) is 11.5 Å². The molecule has 0 spiro atoms. The van der Waals surface area contributed by atoms with Crippen LogP contribution in [0.3, 0.4) is 0 Å². The van der Waals surface area contributed by atoms with Crippen molar-refractivity contribution in [3.05, 3.63) is 83.4 Å². The number of nitrogens with zero attached hydrogens (tertiary/aromatic N) is 3. The zero-order valence-electron chi connectivity index (χ0n) is 25.7. The van der Waals surface area contributed by atoms with Crippen molar-refractivity contribution in [3.63, 3.8) is 0 Å². The lowest BCUT2D eigenvalue weighted by Crippen LogP contribution is -2.62. The predicted octanol–water partition coefficient (Wildman–Crippen LogP) is 5.27. The molecule has 2 aliphatic heterocycles. The zero-order chi connectivity index (χ0) is 31.2. The molecule has 2 saturated heterocycles. The van der Waals surface area contributed by atoms with Crippen molar-refractivity contribution >= 4 is 27.5 Å². The van der Waals surface area contributed by atoms with E-state index in [2.05, 4.69) is 34.5 Å². The van der Waals surface area contributed by atoms with E-state index in [0.717, 1.165) is 16.7 Å². The third kappa shape index (κ3) is 7.89. The van der Waals surface area contributed by atoms with Crippen LogP contribution in [0.5, 0.6) is 5.75 Å². The highest BCUT2D eigenvalue weighted by atomic mass is 35.5. The van der Waals surface area contributed by atoms with Gasteiger partial charge in [-0.25, -0.2) is 8.42 Å². The molecule has 1 atom stereocenters. The summed E-state index contributed by atoms with van der Waals surface area (Å²) in [6, 6.07) is 22.1. The van der Waals surface area contributed by atoms with E-state index in [1.54, 1.807) is 29.2 Å². The summed E-state index contributed by atoms with van der Waals surface area (Å²) in [7, 11) is -3.90. The van der Waals surface area contributed by atoms with Crippen LogP contribution in [-0.2, 0) is 21.4 Å².